The summed E-state index contributed by atoms with van der Waals surface area (Å²) in [5, 5.41) is 13.5. The molecule has 2 aromatic rings. The first kappa shape index (κ1) is 17.9. The van der Waals surface area contributed by atoms with Gasteiger partial charge in [-0.3, -0.25) is 14.4 Å². The second-order valence-corrected chi connectivity index (χ2v) is 5.07. The Kier molecular flexibility index (Phi) is 5.67. The van der Waals surface area contributed by atoms with Crippen LogP contribution in [0.3, 0.4) is 0 Å². The highest BCUT2D eigenvalue weighted by molar-refractivity contribution is 6.05. The molecule has 0 saturated heterocycles. The van der Waals surface area contributed by atoms with Gasteiger partial charge < -0.3 is 20.2 Å². The van der Waals surface area contributed by atoms with Crippen molar-refractivity contribution in [1.29, 1.82) is 0 Å². The van der Waals surface area contributed by atoms with E-state index in [9.17, 15) is 18.8 Å². The van der Waals surface area contributed by atoms with Crippen molar-refractivity contribution in [2.45, 2.75) is 13.0 Å². The zero-order valence-corrected chi connectivity index (χ0v) is 13.2. The highest BCUT2D eigenvalue weighted by atomic mass is 19.1. The van der Waals surface area contributed by atoms with Crippen molar-refractivity contribution in [3.63, 3.8) is 0 Å². The van der Waals surface area contributed by atoms with E-state index in [1.165, 1.54) is 55.7 Å². The van der Waals surface area contributed by atoms with Gasteiger partial charge in [0.15, 0.2) is 5.76 Å². The number of hydrogen-bond acceptors (Lipinski definition) is 4. The fourth-order valence-electron chi connectivity index (χ4n) is 1.81. The summed E-state index contributed by atoms with van der Waals surface area (Å²) in [6.07, 6.45) is 2.59. The summed E-state index contributed by atoms with van der Waals surface area (Å²) in [6.45, 7) is 1.28. The van der Waals surface area contributed by atoms with Gasteiger partial charge in [-0.05, 0) is 42.8 Å². The Hall–Kier alpha value is -3.42. The lowest BCUT2D eigenvalue weighted by Gasteiger charge is -2.13. The molecule has 1 atom stereocenters. The van der Waals surface area contributed by atoms with Gasteiger partial charge in [-0.1, -0.05) is 12.1 Å². The molecular formula is C17H15FN2O5. The highest BCUT2D eigenvalue weighted by Gasteiger charge is 2.20. The van der Waals surface area contributed by atoms with E-state index >= 15 is 0 Å². The zero-order valence-electron chi connectivity index (χ0n) is 13.2. The van der Waals surface area contributed by atoms with Crippen LogP contribution in [-0.2, 0) is 9.59 Å². The fraction of sp³-hybridized carbons (Fsp3) is 0.118. The van der Waals surface area contributed by atoms with Crippen molar-refractivity contribution in [3.05, 3.63) is 65.5 Å². The van der Waals surface area contributed by atoms with E-state index in [1.54, 1.807) is 0 Å². The number of carboxylic acids is 1. The highest BCUT2D eigenvalue weighted by Crippen LogP contribution is 2.09. The number of rotatable bonds is 6. The van der Waals surface area contributed by atoms with Crippen LogP contribution in [0.1, 0.15) is 23.0 Å². The summed E-state index contributed by atoms with van der Waals surface area (Å²) in [5.74, 6) is -3.20. The van der Waals surface area contributed by atoms with Gasteiger partial charge in [-0.2, -0.15) is 0 Å². The molecule has 7 nitrogen and oxygen atoms in total. The molecule has 0 spiro atoms. The Morgan fingerprint density at radius 2 is 1.88 bits per heavy atom. The number of hydrogen-bond donors (Lipinski definition) is 3. The monoisotopic (exact) mass is 346 g/mol. The summed E-state index contributed by atoms with van der Waals surface area (Å²) in [7, 11) is 0. The number of halogens is 1. The van der Waals surface area contributed by atoms with E-state index in [-0.39, 0.29) is 11.5 Å². The minimum atomic E-state index is -1.23. The minimum absolute atomic E-state index is 0.0240. The lowest BCUT2D eigenvalue weighted by molar-refractivity contribution is -0.140. The second kappa shape index (κ2) is 7.91. The van der Waals surface area contributed by atoms with E-state index in [0.717, 1.165) is 0 Å². The average Bonchev–Trinajstić information content (AvgIpc) is 3.10. The first-order valence-electron chi connectivity index (χ1n) is 7.22. The molecule has 2 amide bonds. The molecule has 8 heteroatoms. The number of nitrogens with one attached hydrogen (secondary N) is 2. The number of carbonyl (C=O) groups is 3. The Morgan fingerprint density at radius 3 is 2.44 bits per heavy atom. The Morgan fingerprint density at radius 1 is 1.20 bits per heavy atom. The van der Waals surface area contributed by atoms with Crippen LogP contribution in [0.2, 0.25) is 0 Å². The number of carbonyl (C=O) groups excluding carboxylic acids is 2. The van der Waals surface area contributed by atoms with Crippen LogP contribution in [-0.4, -0.2) is 28.9 Å². The van der Waals surface area contributed by atoms with Gasteiger partial charge in [0.05, 0.1) is 6.26 Å². The Labute approximate surface area is 142 Å². The fourth-order valence-corrected chi connectivity index (χ4v) is 1.81. The molecule has 0 fully saturated rings. The van der Waals surface area contributed by atoms with Gasteiger partial charge in [0.1, 0.15) is 17.6 Å². The van der Waals surface area contributed by atoms with Crippen molar-refractivity contribution in [2.75, 3.05) is 0 Å². The van der Waals surface area contributed by atoms with Gasteiger partial charge in [0.25, 0.3) is 11.8 Å². The van der Waals surface area contributed by atoms with Crippen LogP contribution in [0.15, 0.2) is 52.8 Å². The third-order valence-corrected chi connectivity index (χ3v) is 3.14. The lowest BCUT2D eigenvalue weighted by atomic mass is 10.1. The summed E-state index contributed by atoms with van der Waals surface area (Å²) in [4.78, 5) is 35.2. The number of aliphatic carboxylic acids is 1. The molecule has 0 bridgehead atoms. The molecule has 1 heterocycles. The normalized spacial score (nSPS) is 12.3. The molecule has 0 aliphatic rings. The molecule has 0 saturated carbocycles. The molecule has 0 unspecified atom stereocenters. The Bertz CT molecular complexity index is 797. The topological polar surface area (TPSA) is 109 Å². The summed E-state index contributed by atoms with van der Waals surface area (Å²) < 4.78 is 17.9. The van der Waals surface area contributed by atoms with Gasteiger partial charge >= 0.3 is 5.97 Å². The van der Waals surface area contributed by atoms with Crippen molar-refractivity contribution < 1.29 is 28.3 Å². The van der Waals surface area contributed by atoms with Crippen LogP contribution in [0.25, 0.3) is 6.08 Å². The lowest BCUT2D eigenvalue weighted by Crippen LogP contribution is -2.42. The number of amides is 2. The third kappa shape index (κ3) is 5.03. The quantitative estimate of drug-likeness (QED) is 0.691. The van der Waals surface area contributed by atoms with Crippen molar-refractivity contribution in [3.8, 4) is 0 Å². The van der Waals surface area contributed by atoms with Gasteiger partial charge in [-0.15, -0.1) is 0 Å². The first-order chi connectivity index (χ1) is 11.9. The molecule has 0 aliphatic heterocycles. The molecular weight excluding hydrogens is 331 g/mol. The van der Waals surface area contributed by atoms with Gasteiger partial charge in [-0.25, -0.2) is 4.39 Å². The molecule has 1 aromatic carbocycles. The minimum Gasteiger partial charge on any atom is -0.480 e. The predicted octanol–water partition coefficient (Wildman–Crippen LogP) is 1.78. The van der Waals surface area contributed by atoms with E-state index < -0.39 is 29.6 Å². The molecule has 3 N–H and O–H groups in total. The maximum Gasteiger partial charge on any atom is 0.325 e. The van der Waals surface area contributed by atoms with Crippen LogP contribution in [0.4, 0.5) is 4.39 Å². The SMILES string of the molecule is C[C@@H](NC(=O)/C(=C\c1ccc(F)cc1)NC(=O)c1ccco1)C(=O)O. The summed E-state index contributed by atoms with van der Waals surface area (Å²) in [6, 6.07) is 6.94. The van der Waals surface area contributed by atoms with Gasteiger partial charge in [0.2, 0.25) is 0 Å². The molecule has 0 radical (unpaired) electrons. The maximum absolute atomic E-state index is 13.0. The zero-order chi connectivity index (χ0) is 18.4. The van der Waals surface area contributed by atoms with Crippen LogP contribution in [0.5, 0.6) is 0 Å². The van der Waals surface area contributed by atoms with E-state index in [4.69, 9.17) is 9.52 Å². The van der Waals surface area contributed by atoms with E-state index in [2.05, 4.69) is 10.6 Å². The number of carboxylic acid groups (broad SMARTS) is 1. The van der Waals surface area contributed by atoms with Crippen molar-refractivity contribution in [1.82, 2.24) is 10.6 Å². The van der Waals surface area contributed by atoms with Crippen molar-refractivity contribution in [2.24, 2.45) is 0 Å². The average molecular weight is 346 g/mol. The molecule has 0 aliphatic carbocycles. The molecule has 1 aromatic heterocycles. The standard InChI is InChI=1S/C17H15FN2O5/c1-10(17(23)24)19-15(21)13(9-11-4-6-12(18)7-5-11)20-16(22)14-3-2-8-25-14/h2-10H,1H3,(H,19,21)(H,20,22)(H,23,24)/b13-9+/t10-/m1/s1. The number of benzene rings is 1. The summed E-state index contributed by atoms with van der Waals surface area (Å²) >= 11 is 0. The van der Waals surface area contributed by atoms with Gasteiger partial charge in [0, 0.05) is 0 Å². The molecule has 25 heavy (non-hydrogen) atoms. The summed E-state index contributed by atoms with van der Waals surface area (Å²) in [5.41, 5.74) is 0.232. The smallest absolute Gasteiger partial charge is 0.325 e. The molecule has 130 valence electrons. The van der Waals surface area contributed by atoms with Crippen LogP contribution in [0, 0.1) is 5.82 Å². The van der Waals surface area contributed by atoms with Crippen LogP contribution >= 0.6 is 0 Å². The van der Waals surface area contributed by atoms with Crippen LogP contribution < -0.4 is 10.6 Å². The molecule has 2 rings (SSSR count). The van der Waals surface area contributed by atoms with E-state index in [1.807, 2.05) is 0 Å². The largest absolute Gasteiger partial charge is 0.480 e. The Balaban J connectivity index is 2.26. The number of furan rings is 1. The first-order valence-corrected chi connectivity index (χ1v) is 7.22. The third-order valence-electron chi connectivity index (χ3n) is 3.14. The predicted molar refractivity (Wildman–Crippen MR) is 85.8 cm³/mol. The maximum atomic E-state index is 13.0. The van der Waals surface area contributed by atoms with E-state index in [0.29, 0.717) is 5.56 Å². The van der Waals surface area contributed by atoms with Crippen molar-refractivity contribution >= 4 is 23.9 Å². The second-order valence-electron chi connectivity index (χ2n) is 5.07.